The average Bonchev–Trinajstić information content (AvgIpc) is 3.35. The van der Waals surface area contributed by atoms with E-state index < -0.39 is 9.84 Å². The summed E-state index contributed by atoms with van der Waals surface area (Å²) in [5.74, 6) is 0.174. The molecule has 3 N–H and O–H groups in total. The molecule has 1 saturated carbocycles. The number of benzene rings is 1. The van der Waals surface area contributed by atoms with Crippen molar-refractivity contribution in [1.82, 2.24) is 24.7 Å². The summed E-state index contributed by atoms with van der Waals surface area (Å²) in [5, 5.41) is 8.18. The standard InChI is InChI=1S/C22H22N6O4S/c1-11-19-15(21(29)23-13-4-5-16-18(8-13)26-22(30)25-16)9-17(12-2-3-12)24-20(19)28(27-11)14-6-7-33(31,32)10-14/h4-5,8-9,12,14H,2-3,6-7,10H2,1H3,(H,23,29)(H2,25,26,30). The third-order valence-electron chi connectivity index (χ3n) is 6.43. The van der Waals surface area contributed by atoms with Gasteiger partial charge in [-0.1, -0.05) is 0 Å². The molecule has 3 aromatic heterocycles. The quantitative estimate of drug-likeness (QED) is 0.421. The van der Waals surface area contributed by atoms with Gasteiger partial charge in [0.1, 0.15) is 0 Å². The van der Waals surface area contributed by atoms with Gasteiger partial charge in [-0.2, -0.15) is 5.10 Å². The Hall–Kier alpha value is -3.47. The zero-order valence-electron chi connectivity index (χ0n) is 17.9. The Balaban J connectivity index is 1.44. The summed E-state index contributed by atoms with van der Waals surface area (Å²) < 4.78 is 25.8. The van der Waals surface area contributed by atoms with Crippen molar-refractivity contribution in [2.24, 2.45) is 0 Å². The van der Waals surface area contributed by atoms with Crippen molar-refractivity contribution in [2.45, 2.75) is 38.1 Å². The number of nitrogens with zero attached hydrogens (tertiary/aromatic N) is 3. The van der Waals surface area contributed by atoms with E-state index in [9.17, 15) is 18.0 Å². The van der Waals surface area contributed by atoms with Crippen LogP contribution in [-0.4, -0.2) is 50.6 Å². The van der Waals surface area contributed by atoms with Gasteiger partial charge in [-0.15, -0.1) is 0 Å². The molecule has 4 heterocycles. The Labute approximate surface area is 188 Å². The molecule has 1 unspecified atom stereocenters. The van der Waals surface area contributed by atoms with Crippen LogP contribution in [-0.2, 0) is 9.84 Å². The van der Waals surface area contributed by atoms with Gasteiger partial charge in [0.05, 0.1) is 45.2 Å². The molecule has 1 aliphatic heterocycles. The van der Waals surface area contributed by atoms with Crippen LogP contribution in [0.3, 0.4) is 0 Å². The molecule has 0 spiro atoms. The van der Waals surface area contributed by atoms with Crippen LogP contribution in [0.5, 0.6) is 0 Å². The smallest absolute Gasteiger partial charge is 0.322 e. The lowest BCUT2D eigenvalue weighted by Crippen LogP contribution is -2.15. The van der Waals surface area contributed by atoms with Crippen molar-refractivity contribution in [1.29, 1.82) is 0 Å². The van der Waals surface area contributed by atoms with Gasteiger partial charge in [0.25, 0.3) is 5.91 Å². The van der Waals surface area contributed by atoms with Crippen molar-refractivity contribution in [3.05, 3.63) is 51.7 Å². The SMILES string of the molecule is Cc1nn(C2CCS(=O)(=O)C2)c2nc(C3CC3)cc(C(=O)Nc3ccc4[nH]c(=O)[nH]c4c3)c12. The van der Waals surface area contributed by atoms with E-state index in [4.69, 9.17) is 4.98 Å². The highest BCUT2D eigenvalue weighted by molar-refractivity contribution is 7.91. The molecule has 6 rings (SSSR count). The maximum Gasteiger partial charge on any atom is 0.323 e. The van der Waals surface area contributed by atoms with Gasteiger partial charge < -0.3 is 15.3 Å². The number of aromatic amines is 2. The lowest BCUT2D eigenvalue weighted by atomic mass is 10.1. The van der Waals surface area contributed by atoms with Crippen LogP contribution in [0.25, 0.3) is 22.1 Å². The first-order valence-corrected chi connectivity index (χ1v) is 12.7. The van der Waals surface area contributed by atoms with Crippen LogP contribution < -0.4 is 11.0 Å². The number of nitrogens with one attached hydrogen (secondary N) is 3. The van der Waals surface area contributed by atoms with Crippen molar-refractivity contribution < 1.29 is 13.2 Å². The van der Waals surface area contributed by atoms with Gasteiger partial charge >= 0.3 is 5.69 Å². The molecule has 11 heteroatoms. The van der Waals surface area contributed by atoms with Crippen LogP contribution in [0.4, 0.5) is 5.69 Å². The number of pyridine rings is 1. The fourth-order valence-corrected chi connectivity index (χ4v) is 6.32. The number of hydrogen-bond donors (Lipinski definition) is 3. The van der Waals surface area contributed by atoms with Gasteiger partial charge in [-0.25, -0.2) is 22.9 Å². The third-order valence-corrected chi connectivity index (χ3v) is 8.18. The Morgan fingerprint density at radius 1 is 1.15 bits per heavy atom. The summed E-state index contributed by atoms with van der Waals surface area (Å²) in [5.41, 5.74) is 4.00. The first kappa shape index (κ1) is 20.2. The monoisotopic (exact) mass is 466 g/mol. The highest BCUT2D eigenvalue weighted by Crippen LogP contribution is 2.41. The number of amides is 1. The number of anilines is 1. The van der Waals surface area contributed by atoms with Gasteiger partial charge in [0, 0.05) is 17.3 Å². The summed E-state index contributed by atoms with van der Waals surface area (Å²) in [6.07, 6.45) is 2.52. The summed E-state index contributed by atoms with van der Waals surface area (Å²) in [6.45, 7) is 1.81. The molecule has 1 saturated heterocycles. The number of fused-ring (bicyclic) bond motifs is 2. The largest absolute Gasteiger partial charge is 0.323 e. The molecule has 0 radical (unpaired) electrons. The van der Waals surface area contributed by atoms with Crippen molar-refractivity contribution in [2.75, 3.05) is 16.8 Å². The van der Waals surface area contributed by atoms with Crippen LogP contribution in [0.15, 0.2) is 29.1 Å². The molecule has 170 valence electrons. The summed E-state index contributed by atoms with van der Waals surface area (Å²) in [6, 6.07) is 6.70. The molecule has 33 heavy (non-hydrogen) atoms. The van der Waals surface area contributed by atoms with E-state index in [-0.39, 0.29) is 29.1 Å². The third kappa shape index (κ3) is 3.52. The molecule has 2 aliphatic rings. The van der Waals surface area contributed by atoms with Crippen LogP contribution >= 0.6 is 0 Å². The molecule has 1 aromatic carbocycles. The van der Waals surface area contributed by atoms with Crippen molar-refractivity contribution in [3.8, 4) is 0 Å². The molecular weight excluding hydrogens is 444 g/mol. The lowest BCUT2D eigenvalue weighted by molar-refractivity contribution is 0.102. The number of aromatic nitrogens is 5. The predicted molar refractivity (Wildman–Crippen MR) is 123 cm³/mol. The van der Waals surface area contributed by atoms with E-state index in [1.807, 2.05) is 13.0 Å². The molecule has 2 fully saturated rings. The maximum absolute atomic E-state index is 13.4. The molecule has 1 atom stereocenters. The molecule has 0 bridgehead atoms. The predicted octanol–water partition coefficient (Wildman–Crippen LogP) is 2.40. The van der Waals surface area contributed by atoms with E-state index in [1.165, 1.54) is 0 Å². The van der Waals surface area contributed by atoms with E-state index in [0.717, 1.165) is 18.5 Å². The number of hydrogen-bond acceptors (Lipinski definition) is 6. The normalized spacial score (nSPS) is 20.0. The first-order chi connectivity index (χ1) is 15.8. The second-order valence-corrected chi connectivity index (χ2v) is 11.2. The average molecular weight is 467 g/mol. The number of imidazole rings is 1. The maximum atomic E-state index is 13.4. The minimum atomic E-state index is -3.10. The Bertz CT molecular complexity index is 1610. The zero-order valence-corrected chi connectivity index (χ0v) is 18.7. The minimum absolute atomic E-state index is 0.0367. The first-order valence-electron chi connectivity index (χ1n) is 10.9. The van der Waals surface area contributed by atoms with Gasteiger partial charge in [0.15, 0.2) is 15.5 Å². The number of sulfone groups is 1. The zero-order chi connectivity index (χ0) is 22.9. The molecule has 1 aliphatic carbocycles. The van der Waals surface area contributed by atoms with Crippen LogP contribution in [0.1, 0.15) is 53.0 Å². The summed E-state index contributed by atoms with van der Waals surface area (Å²) in [4.78, 5) is 35.1. The number of carbonyl (C=O) groups excluding carboxylic acids is 1. The van der Waals surface area contributed by atoms with Gasteiger partial charge in [-0.05, 0) is 50.5 Å². The van der Waals surface area contributed by atoms with E-state index >= 15 is 0 Å². The van der Waals surface area contributed by atoms with Gasteiger partial charge in [0.2, 0.25) is 0 Å². The Morgan fingerprint density at radius 2 is 1.94 bits per heavy atom. The topological polar surface area (TPSA) is 143 Å². The molecule has 1 amide bonds. The Morgan fingerprint density at radius 3 is 2.67 bits per heavy atom. The number of carbonyl (C=O) groups is 1. The fourth-order valence-electron chi connectivity index (χ4n) is 4.63. The Kier molecular flexibility index (Phi) is 4.28. The van der Waals surface area contributed by atoms with E-state index in [0.29, 0.717) is 51.4 Å². The number of aryl methyl sites for hydroxylation is 1. The summed E-state index contributed by atoms with van der Waals surface area (Å²) in [7, 11) is -3.10. The molecule has 10 nitrogen and oxygen atoms in total. The number of rotatable bonds is 4. The second-order valence-electron chi connectivity index (χ2n) is 8.95. The van der Waals surface area contributed by atoms with Crippen molar-refractivity contribution in [3.63, 3.8) is 0 Å². The molecular formula is C22H22N6O4S. The van der Waals surface area contributed by atoms with Crippen molar-refractivity contribution >= 4 is 43.5 Å². The van der Waals surface area contributed by atoms with E-state index in [2.05, 4.69) is 20.4 Å². The lowest BCUT2D eigenvalue weighted by Gasteiger charge is -2.12. The fraction of sp³-hybridized carbons (Fsp3) is 0.364. The van der Waals surface area contributed by atoms with Crippen LogP contribution in [0, 0.1) is 6.92 Å². The minimum Gasteiger partial charge on any atom is -0.322 e. The van der Waals surface area contributed by atoms with Crippen LogP contribution in [0.2, 0.25) is 0 Å². The highest BCUT2D eigenvalue weighted by atomic mass is 32.2. The number of H-pyrrole nitrogens is 2. The highest BCUT2D eigenvalue weighted by Gasteiger charge is 2.34. The second kappa shape index (κ2) is 7.01. The van der Waals surface area contributed by atoms with E-state index in [1.54, 1.807) is 22.9 Å². The summed E-state index contributed by atoms with van der Waals surface area (Å²) >= 11 is 0. The molecule has 4 aromatic rings. The van der Waals surface area contributed by atoms with Gasteiger partial charge in [-0.3, -0.25) is 4.79 Å².